The number of hydrogen-bond acceptors (Lipinski definition) is 4. The quantitative estimate of drug-likeness (QED) is 0.499. The van der Waals surface area contributed by atoms with Crippen molar-refractivity contribution in [3.05, 3.63) is 29.3 Å². The second-order valence-electron chi connectivity index (χ2n) is 3.38. The van der Waals surface area contributed by atoms with Gasteiger partial charge in [-0.15, -0.1) is 0 Å². The molecule has 0 aliphatic heterocycles. The lowest BCUT2D eigenvalue weighted by Gasteiger charge is -2.13. The fourth-order valence-electron chi connectivity index (χ4n) is 1.43. The van der Waals surface area contributed by atoms with E-state index in [1.807, 2.05) is 32.0 Å². The van der Waals surface area contributed by atoms with E-state index < -0.39 is 6.10 Å². The zero-order chi connectivity index (χ0) is 11.3. The van der Waals surface area contributed by atoms with Crippen LogP contribution >= 0.6 is 0 Å². The Morgan fingerprint density at radius 3 is 2.80 bits per heavy atom. The van der Waals surface area contributed by atoms with Gasteiger partial charge in [0.25, 0.3) is 0 Å². The second kappa shape index (κ2) is 5.70. The smallest absolute Gasteiger partial charge is 0.122 e. The van der Waals surface area contributed by atoms with Crippen LogP contribution in [0.3, 0.4) is 0 Å². The molecule has 1 aromatic rings. The summed E-state index contributed by atoms with van der Waals surface area (Å²) in [6.45, 7) is 4.89. The van der Waals surface area contributed by atoms with Gasteiger partial charge in [0.1, 0.15) is 5.75 Å². The number of aryl methyl sites for hydroxylation is 1. The first-order valence-corrected chi connectivity index (χ1v) is 5.04. The van der Waals surface area contributed by atoms with Gasteiger partial charge >= 0.3 is 0 Å². The molecule has 0 bridgehead atoms. The van der Waals surface area contributed by atoms with Gasteiger partial charge in [-0.1, -0.05) is 6.07 Å². The summed E-state index contributed by atoms with van der Waals surface area (Å²) in [6.07, 6.45) is -0.579. The Labute approximate surface area is 90.0 Å². The van der Waals surface area contributed by atoms with Crippen molar-refractivity contribution in [3.8, 4) is 5.75 Å². The van der Waals surface area contributed by atoms with Crippen LogP contribution in [-0.2, 0) is 0 Å². The number of aliphatic hydroxyl groups is 1. The van der Waals surface area contributed by atoms with Gasteiger partial charge < -0.3 is 9.84 Å². The normalized spacial score (nSPS) is 12.5. The fourth-order valence-corrected chi connectivity index (χ4v) is 1.43. The Kier molecular flexibility index (Phi) is 4.55. The summed E-state index contributed by atoms with van der Waals surface area (Å²) in [5.41, 5.74) is 4.30. The minimum atomic E-state index is -0.579. The topological polar surface area (TPSA) is 67.5 Å². The number of rotatable bonds is 5. The maximum atomic E-state index is 9.68. The first-order chi connectivity index (χ1) is 7.19. The number of hydrogen-bond donors (Lipinski definition) is 3. The molecule has 1 atom stereocenters. The molecule has 15 heavy (non-hydrogen) atoms. The third-order valence-electron chi connectivity index (χ3n) is 2.19. The zero-order valence-electron chi connectivity index (χ0n) is 9.16. The molecule has 4 heteroatoms. The van der Waals surface area contributed by atoms with Gasteiger partial charge in [0.15, 0.2) is 0 Å². The van der Waals surface area contributed by atoms with Crippen LogP contribution < -0.4 is 16.0 Å². The summed E-state index contributed by atoms with van der Waals surface area (Å²) in [7, 11) is 0. The lowest BCUT2D eigenvalue weighted by molar-refractivity contribution is 0.175. The number of hydrazine groups is 1. The number of benzene rings is 1. The van der Waals surface area contributed by atoms with Crippen molar-refractivity contribution in [2.45, 2.75) is 20.0 Å². The predicted molar refractivity (Wildman–Crippen MR) is 59.5 cm³/mol. The van der Waals surface area contributed by atoms with Gasteiger partial charge in [0.05, 0.1) is 12.7 Å². The van der Waals surface area contributed by atoms with Gasteiger partial charge in [0.2, 0.25) is 0 Å². The van der Waals surface area contributed by atoms with E-state index in [9.17, 15) is 5.11 Å². The van der Waals surface area contributed by atoms with Crippen LogP contribution in [0.2, 0.25) is 0 Å². The van der Waals surface area contributed by atoms with Gasteiger partial charge in [-0.05, 0) is 37.1 Å². The Bertz CT molecular complexity index is 315. The molecule has 0 radical (unpaired) electrons. The molecular formula is C11H18N2O2. The molecule has 1 rings (SSSR count). The van der Waals surface area contributed by atoms with Crippen LogP contribution in [0.1, 0.15) is 24.2 Å². The molecule has 0 amide bonds. The summed E-state index contributed by atoms with van der Waals surface area (Å²) in [5.74, 6) is 6.00. The molecule has 0 aliphatic carbocycles. The van der Waals surface area contributed by atoms with E-state index >= 15 is 0 Å². The summed E-state index contributed by atoms with van der Waals surface area (Å²) in [4.78, 5) is 0. The van der Waals surface area contributed by atoms with E-state index in [-0.39, 0.29) is 0 Å². The van der Waals surface area contributed by atoms with Crippen molar-refractivity contribution in [2.24, 2.45) is 5.84 Å². The van der Waals surface area contributed by atoms with Crippen LogP contribution in [0.15, 0.2) is 18.2 Å². The third-order valence-corrected chi connectivity index (χ3v) is 2.19. The molecule has 1 aromatic carbocycles. The molecule has 0 fully saturated rings. The van der Waals surface area contributed by atoms with Crippen LogP contribution in [0, 0.1) is 6.92 Å². The predicted octanol–water partition coefficient (Wildman–Crippen LogP) is 0.890. The van der Waals surface area contributed by atoms with Gasteiger partial charge in [-0.25, -0.2) is 0 Å². The van der Waals surface area contributed by atoms with E-state index in [0.717, 1.165) is 16.9 Å². The van der Waals surface area contributed by atoms with Crippen LogP contribution in [0.5, 0.6) is 5.75 Å². The second-order valence-corrected chi connectivity index (χ2v) is 3.38. The highest BCUT2D eigenvalue weighted by molar-refractivity contribution is 5.37. The first kappa shape index (κ1) is 12.0. The maximum absolute atomic E-state index is 9.68. The van der Waals surface area contributed by atoms with Gasteiger partial charge in [0, 0.05) is 6.54 Å². The van der Waals surface area contributed by atoms with E-state index in [0.29, 0.717) is 13.2 Å². The highest BCUT2D eigenvalue weighted by Gasteiger charge is 2.08. The standard InChI is InChI=1S/C11H18N2O2/c1-3-15-11-5-4-9(6-8(11)2)10(14)7-13-12/h4-6,10,13-14H,3,7,12H2,1-2H3. The van der Waals surface area contributed by atoms with E-state index in [1.54, 1.807) is 0 Å². The van der Waals surface area contributed by atoms with E-state index in [1.165, 1.54) is 0 Å². The molecule has 0 spiro atoms. The molecule has 0 heterocycles. The molecule has 0 saturated heterocycles. The first-order valence-electron chi connectivity index (χ1n) is 5.04. The highest BCUT2D eigenvalue weighted by Crippen LogP contribution is 2.22. The van der Waals surface area contributed by atoms with Gasteiger partial charge in [-0.3, -0.25) is 11.3 Å². The molecule has 1 unspecified atom stereocenters. The van der Waals surface area contributed by atoms with Crippen LogP contribution in [-0.4, -0.2) is 18.3 Å². The Hall–Kier alpha value is -1.10. The SMILES string of the molecule is CCOc1ccc(C(O)CNN)cc1C. The summed E-state index contributed by atoms with van der Waals surface area (Å²) >= 11 is 0. The van der Waals surface area contributed by atoms with Crippen molar-refractivity contribution in [1.82, 2.24) is 5.43 Å². The summed E-state index contributed by atoms with van der Waals surface area (Å²) in [5, 5.41) is 9.68. The average Bonchev–Trinajstić information content (AvgIpc) is 2.21. The number of aliphatic hydroxyl groups excluding tert-OH is 1. The monoisotopic (exact) mass is 210 g/mol. The lowest BCUT2D eigenvalue weighted by atomic mass is 10.1. The largest absolute Gasteiger partial charge is 0.494 e. The number of nitrogens with two attached hydrogens (primary N) is 1. The Morgan fingerprint density at radius 1 is 1.53 bits per heavy atom. The summed E-state index contributed by atoms with van der Waals surface area (Å²) in [6, 6.07) is 5.63. The molecule has 84 valence electrons. The highest BCUT2D eigenvalue weighted by atomic mass is 16.5. The van der Waals surface area contributed by atoms with Crippen LogP contribution in [0.25, 0.3) is 0 Å². The minimum absolute atomic E-state index is 0.341. The maximum Gasteiger partial charge on any atom is 0.122 e. The van der Waals surface area contributed by atoms with Crippen molar-refractivity contribution in [2.75, 3.05) is 13.2 Å². The molecular weight excluding hydrogens is 192 g/mol. The van der Waals surface area contributed by atoms with Crippen molar-refractivity contribution >= 4 is 0 Å². The average molecular weight is 210 g/mol. The van der Waals surface area contributed by atoms with Crippen molar-refractivity contribution < 1.29 is 9.84 Å². The Morgan fingerprint density at radius 2 is 2.27 bits per heavy atom. The minimum Gasteiger partial charge on any atom is -0.494 e. The lowest BCUT2D eigenvalue weighted by Crippen LogP contribution is -2.27. The zero-order valence-corrected chi connectivity index (χ0v) is 9.16. The molecule has 0 saturated carbocycles. The van der Waals surface area contributed by atoms with Crippen molar-refractivity contribution in [1.29, 1.82) is 0 Å². The summed E-state index contributed by atoms with van der Waals surface area (Å²) < 4.78 is 5.41. The van der Waals surface area contributed by atoms with E-state index in [2.05, 4.69) is 5.43 Å². The molecule has 0 aromatic heterocycles. The molecule has 4 N–H and O–H groups in total. The van der Waals surface area contributed by atoms with E-state index in [4.69, 9.17) is 10.6 Å². The van der Waals surface area contributed by atoms with Crippen molar-refractivity contribution in [3.63, 3.8) is 0 Å². The molecule has 4 nitrogen and oxygen atoms in total. The Balaban J connectivity index is 2.81. The van der Waals surface area contributed by atoms with Gasteiger partial charge in [-0.2, -0.15) is 0 Å². The van der Waals surface area contributed by atoms with Crippen LogP contribution in [0.4, 0.5) is 0 Å². The molecule has 0 aliphatic rings. The fraction of sp³-hybridized carbons (Fsp3) is 0.455. The number of ether oxygens (including phenoxy) is 1. The third kappa shape index (κ3) is 3.20. The number of nitrogens with one attached hydrogen (secondary N) is 1.